The van der Waals surface area contributed by atoms with Gasteiger partial charge in [-0.25, -0.2) is 0 Å². The summed E-state index contributed by atoms with van der Waals surface area (Å²) in [4.78, 5) is 2.47. The molecule has 2 aliphatic rings. The SMILES string of the molecule is COC1CC(C2(C)CC2)N(C)C1. The lowest BCUT2D eigenvalue weighted by Crippen LogP contribution is -2.32. The van der Waals surface area contributed by atoms with E-state index in [0.29, 0.717) is 11.5 Å². The van der Waals surface area contributed by atoms with Crippen LogP contribution in [0.2, 0.25) is 0 Å². The van der Waals surface area contributed by atoms with E-state index in [1.54, 1.807) is 0 Å². The van der Waals surface area contributed by atoms with Crippen LogP contribution in [-0.4, -0.2) is 37.7 Å². The minimum Gasteiger partial charge on any atom is -0.380 e. The number of nitrogens with zero attached hydrogens (tertiary/aromatic N) is 1. The molecule has 2 atom stereocenters. The van der Waals surface area contributed by atoms with Gasteiger partial charge in [0, 0.05) is 19.7 Å². The van der Waals surface area contributed by atoms with Gasteiger partial charge in [-0.1, -0.05) is 6.92 Å². The molecule has 1 heterocycles. The van der Waals surface area contributed by atoms with Gasteiger partial charge in [0.05, 0.1) is 6.10 Å². The van der Waals surface area contributed by atoms with Crippen molar-refractivity contribution in [2.75, 3.05) is 20.7 Å². The summed E-state index contributed by atoms with van der Waals surface area (Å²) >= 11 is 0. The topological polar surface area (TPSA) is 12.5 Å². The number of hydrogen-bond acceptors (Lipinski definition) is 2. The van der Waals surface area contributed by atoms with Gasteiger partial charge >= 0.3 is 0 Å². The zero-order valence-electron chi connectivity index (χ0n) is 8.34. The molecular formula is C10H19NO. The molecule has 0 spiro atoms. The fourth-order valence-electron chi connectivity index (χ4n) is 2.47. The van der Waals surface area contributed by atoms with Gasteiger partial charge in [-0.15, -0.1) is 0 Å². The Balaban J connectivity index is 1.99. The van der Waals surface area contributed by atoms with Crippen molar-refractivity contribution < 1.29 is 4.74 Å². The summed E-state index contributed by atoms with van der Waals surface area (Å²) < 4.78 is 5.39. The van der Waals surface area contributed by atoms with Crippen LogP contribution in [0.15, 0.2) is 0 Å². The van der Waals surface area contributed by atoms with E-state index in [4.69, 9.17) is 4.74 Å². The molecule has 0 aromatic rings. The monoisotopic (exact) mass is 169 g/mol. The maximum Gasteiger partial charge on any atom is 0.0713 e. The standard InChI is InChI=1S/C10H19NO/c1-10(4-5-10)9-6-8(12-3)7-11(9)2/h8-9H,4-7H2,1-3H3. The van der Waals surface area contributed by atoms with Crippen molar-refractivity contribution in [2.24, 2.45) is 5.41 Å². The summed E-state index contributed by atoms with van der Waals surface area (Å²) in [6.45, 7) is 3.53. The van der Waals surface area contributed by atoms with Gasteiger partial charge in [0.15, 0.2) is 0 Å². The minimum atomic E-state index is 0.484. The Morgan fingerprint density at radius 1 is 1.42 bits per heavy atom. The summed E-state index contributed by atoms with van der Waals surface area (Å²) in [7, 11) is 4.06. The van der Waals surface area contributed by atoms with Gasteiger partial charge < -0.3 is 9.64 Å². The second-order valence-electron chi connectivity index (χ2n) is 4.70. The predicted octanol–water partition coefficient (Wildman–Crippen LogP) is 1.51. The van der Waals surface area contributed by atoms with Crippen molar-refractivity contribution >= 4 is 0 Å². The van der Waals surface area contributed by atoms with Crippen molar-refractivity contribution in [1.29, 1.82) is 0 Å². The van der Waals surface area contributed by atoms with Crippen LogP contribution in [-0.2, 0) is 4.74 Å². The highest BCUT2D eigenvalue weighted by atomic mass is 16.5. The summed E-state index contributed by atoms with van der Waals surface area (Å²) in [5.41, 5.74) is 0.627. The van der Waals surface area contributed by atoms with Crippen LogP contribution in [0, 0.1) is 5.41 Å². The second-order valence-corrected chi connectivity index (χ2v) is 4.70. The van der Waals surface area contributed by atoms with Crippen LogP contribution < -0.4 is 0 Å². The van der Waals surface area contributed by atoms with E-state index in [1.807, 2.05) is 7.11 Å². The van der Waals surface area contributed by atoms with Crippen LogP contribution in [0.3, 0.4) is 0 Å². The molecule has 2 nitrogen and oxygen atoms in total. The third-order valence-corrected chi connectivity index (χ3v) is 3.69. The Morgan fingerprint density at radius 3 is 2.50 bits per heavy atom. The molecule has 1 saturated carbocycles. The maximum atomic E-state index is 5.39. The largest absolute Gasteiger partial charge is 0.380 e. The van der Waals surface area contributed by atoms with Gasteiger partial charge in [-0.3, -0.25) is 0 Å². The molecule has 70 valence electrons. The number of likely N-dealkylation sites (tertiary alicyclic amines) is 1. The van der Waals surface area contributed by atoms with Crippen LogP contribution in [0.25, 0.3) is 0 Å². The number of rotatable bonds is 2. The maximum absolute atomic E-state index is 5.39. The molecule has 0 bridgehead atoms. The van der Waals surface area contributed by atoms with E-state index in [9.17, 15) is 0 Å². The van der Waals surface area contributed by atoms with Gasteiger partial charge in [0.1, 0.15) is 0 Å². The smallest absolute Gasteiger partial charge is 0.0713 e. The highest BCUT2D eigenvalue weighted by molar-refractivity contribution is 5.03. The molecule has 0 radical (unpaired) electrons. The summed E-state index contributed by atoms with van der Waals surface area (Å²) in [6.07, 6.45) is 4.55. The molecule has 0 aromatic carbocycles. The minimum absolute atomic E-state index is 0.484. The van der Waals surface area contributed by atoms with Gasteiger partial charge in [0.25, 0.3) is 0 Å². The highest BCUT2D eigenvalue weighted by Gasteiger charge is 2.49. The van der Waals surface area contributed by atoms with E-state index in [-0.39, 0.29) is 0 Å². The fraction of sp³-hybridized carbons (Fsp3) is 1.00. The molecule has 0 aromatic heterocycles. The van der Waals surface area contributed by atoms with Crippen molar-refractivity contribution in [1.82, 2.24) is 4.90 Å². The molecule has 12 heavy (non-hydrogen) atoms. The first-order valence-corrected chi connectivity index (χ1v) is 4.89. The molecule has 1 aliphatic carbocycles. The average Bonchev–Trinajstić information content (AvgIpc) is 2.64. The highest BCUT2D eigenvalue weighted by Crippen LogP contribution is 2.52. The predicted molar refractivity (Wildman–Crippen MR) is 49.2 cm³/mol. The summed E-state index contributed by atoms with van der Waals surface area (Å²) in [5.74, 6) is 0. The average molecular weight is 169 g/mol. The lowest BCUT2D eigenvalue weighted by molar-refractivity contribution is 0.111. The van der Waals surface area contributed by atoms with Crippen LogP contribution in [0.5, 0.6) is 0 Å². The van der Waals surface area contributed by atoms with E-state index < -0.39 is 0 Å². The Hall–Kier alpha value is -0.0800. The lowest BCUT2D eigenvalue weighted by Gasteiger charge is -2.25. The van der Waals surface area contributed by atoms with Gasteiger partial charge in [-0.05, 0) is 31.7 Å². The number of likely N-dealkylation sites (N-methyl/N-ethyl adjacent to an activating group) is 1. The summed E-state index contributed by atoms with van der Waals surface area (Å²) in [5, 5.41) is 0. The van der Waals surface area contributed by atoms with E-state index >= 15 is 0 Å². The molecule has 2 heteroatoms. The third kappa shape index (κ3) is 1.27. The van der Waals surface area contributed by atoms with Gasteiger partial charge in [0.2, 0.25) is 0 Å². The Bertz CT molecular complexity index is 177. The van der Waals surface area contributed by atoms with Crippen molar-refractivity contribution in [3.05, 3.63) is 0 Å². The Labute approximate surface area is 74.9 Å². The van der Waals surface area contributed by atoms with Crippen molar-refractivity contribution in [3.63, 3.8) is 0 Å². The molecule has 2 fully saturated rings. The second kappa shape index (κ2) is 2.71. The normalized spacial score (nSPS) is 40.2. The first-order valence-electron chi connectivity index (χ1n) is 4.89. The van der Waals surface area contributed by atoms with Crippen molar-refractivity contribution in [2.45, 2.75) is 38.3 Å². The number of ether oxygens (including phenoxy) is 1. The molecule has 1 saturated heterocycles. The Morgan fingerprint density at radius 2 is 2.08 bits per heavy atom. The quantitative estimate of drug-likeness (QED) is 0.621. The van der Waals surface area contributed by atoms with Gasteiger partial charge in [-0.2, -0.15) is 0 Å². The van der Waals surface area contributed by atoms with Crippen molar-refractivity contribution in [3.8, 4) is 0 Å². The molecule has 2 rings (SSSR count). The van der Waals surface area contributed by atoms with Crippen LogP contribution >= 0.6 is 0 Å². The first kappa shape index (κ1) is 8.52. The fourth-order valence-corrected chi connectivity index (χ4v) is 2.47. The van der Waals surface area contributed by atoms with Crippen LogP contribution in [0.1, 0.15) is 26.2 Å². The molecule has 2 unspecified atom stereocenters. The molecule has 1 aliphatic heterocycles. The van der Waals surface area contributed by atoms with Crippen LogP contribution in [0.4, 0.5) is 0 Å². The Kier molecular flexibility index (Phi) is 1.92. The first-order chi connectivity index (χ1) is 5.65. The van der Waals surface area contributed by atoms with E-state index in [0.717, 1.165) is 12.6 Å². The third-order valence-electron chi connectivity index (χ3n) is 3.69. The number of methoxy groups -OCH3 is 1. The molecule has 0 amide bonds. The van der Waals surface area contributed by atoms with E-state index in [1.165, 1.54) is 19.3 Å². The molecular weight excluding hydrogens is 150 g/mol. The molecule has 0 N–H and O–H groups in total. The van der Waals surface area contributed by atoms with E-state index in [2.05, 4.69) is 18.9 Å². The number of hydrogen-bond donors (Lipinski definition) is 0. The zero-order chi connectivity index (χ0) is 8.77. The zero-order valence-corrected chi connectivity index (χ0v) is 8.34. The lowest BCUT2D eigenvalue weighted by atomic mass is 9.96. The summed E-state index contributed by atoms with van der Waals surface area (Å²) in [6, 6.07) is 0.780.